The topological polar surface area (TPSA) is 132 Å². The minimum absolute atomic E-state index is 0.0393. The van der Waals surface area contributed by atoms with Gasteiger partial charge < -0.3 is 27.0 Å². The van der Waals surface area contributed by atoms with Crippen LogP contribution in [0.5, 0.6) is 0 Å². The lowest BCUT2D eigenvalue weighted by Gasteiger charge is -2.23. The molecule has 0 aromatic carbocycles. The van der Waals surface area contributed by atoms with Crippen molar-refractivity contribution in [2.75, 3.05) is 13.2 Å². The van der Waals surface area contributed by atoms with Crippen LogP contribution in [-0.4, -0.2) is 41.9 Å². The Kier molecular flexibility index (Phi) is 3.48. The number of guanidine groups is 2. The van der Waals surface area contributed by atoms with Gasteiger partial charge in [0.2, 0.25) is 5.96 Å². The van der Waals surface area contributed by atoms with Crippen molar-refractivity contribution in [3.63, 3.8) is 0 Å². The number of rotatable bonds is 2. The van der Waals surface area contributed by atoms with Crippen LogP contribution in [0.1, 0.15) is 13.3 Å². The first-order chi connectivity index (χ1) is 6.94. The van der Waals surface area contributed by atoms with Gasteiger partial charge in [-0.15, -0.1) is 0 Å². The van der Waals surface area contributed by atoms with E-state index in [4.69, 9.17) is 21.9 Å². The lowest BCUT2D eigenvalue weighted by Crippen LogP contribution is -2.40. The lowest BCUT2D eigenvalue weighted by atomic mass is 9.97. The predicted molar refractivity (Wildman–Crippen MR) is 57.3 cm³/mol. The van der Waals surface area contributed by atoms with Gasteiger partial charge in [0.25, 0.3) is 0 Å². The molecule has 0 bridgehead atoms. The minimum atomic E-state index is -0.969. The number of hydrogen-bond acceptors (Lipinski definition) is 3. The van der Waals surface area contributed by atoms with Gasteiger partial charge in [0.1, 0.15) is 5.60 Å². The molecule has 2 unspecified atom stereocenters. The van der Waals surface area contributed by atoms with Gasteiger partial charge in [-0.05, 0) is 6.92 Å². The summed E-state index contributed by atoms with van der Waals surface area (Å²) in [5.74, 6) is -0.193. The molecule has 0 radical (unpaired) electrons. The van der Waals surface area contributed by atoms with Crippen molar-refractivity contribution in [1.29, 1.82) is 0 Å². The molecule has 1 rings (SSSR count). The summed E-state index contributed by atoms with van der Waals surface area (Å²) in [7, 11) is 0. The Hall–Kier alpha value is -1.34. The highest BCUT2D eigenvalue weighted by Crippen LogP contribution is 2.25. The first-order valence-electron chi connectivity index (χ1n) is 4.67. The van der Waals surface area contributed by atoms with E-state index in [0.29, 0.717) is 13.0 Å². The maximum Gasteiger partial charge on any atom is 0.218 e. The summed E-state index contributed by atoms with van der Waals surface area (Å²) in [6.07, 6.45) is 0.278. The molecule has 0 saturated carbocycles. The van der Waals surface area contributed by atoms with Crippen LogP contribution in [0, 0.1) is 0 Å². The third kappa shape index (κ3) is 3.07. The zero-order chi connectivity index (χ0) is 11.5. The fraction of sp³-hybridized carbons (Fsp3) is 0.750. The second-order valence-electron chi connectivity index (χ2n) is 3.58. The van der Waals surface area contributed by atoms with Crippen LogP contribution in [0.25, 0.3) is 0 Å². The molecule has 1 aliphatic rings. The van der Waals surface area contributed by atoms with Gasteiger partial charge in [-0.2, -0.15) is 4.99 Å². The van der Waals surface area contributed by atoms with Crippen LogP contribution < -0.4 is 17.2 Å². The van der Waals surface area contributed by atoms with E-state index in [-0.39, 0.29) is 24.6 Å². The molecule has 0 amide bonds. The molecule has 7 nitrogen and oxygen atoms in total. The second kappa shape index (κ2) is 4.45. The number of hydrogen-bond donors (Lipinski definition) is 4. The first-order valence-corrected chi connectivity index (χ1v) is 4.67. The Balaban J connectivity index is 2.59. The molecule has 1 aliphatic heterocycles. The Morgan fingerprint density at radius 1 is 1.53 bits per heavy atom. The molecule has 0 aromatic heterocycles. The zero-order valence-corrected chi connectivity index (χ0v) is 8.68. The van der Waals surface area contributed by atoms with Gasteiger partial charge in [-0.3, -0.25) is 0 Å². The van der Waals surface area contributed by atoms with Crippen LogP contribution >= 0.6 is 0 Å². The van der Waals surface area contributed by atoms with Gasteiger partial charge in [-0.25, -0.2) is 4.99 Å². The molecule has 0 aromatic rings. The first kappa shape index (κ1) is 11.7. The molecular formula is C8H17N5O2. The van der Waals surface area contributed by atoms with Crippen molar-refractivity contribution in [2.45, 2.75) is 25.0 Å². The van der Waals surface area contributed by atoms with Crippen molar-refractivity contribution in [1.82, 2.24) is 0 Å². The quantitative estimate of drug-likeness (QED) is 0.316. The second-order valence-corrected chi connectivity index (χ2v) is 3.58. The van der Waals surface area contributed by atoms with E-state index < -0.39 is 5.60 Å². The van der Waals surface area contributed by atoms with Crippen LogP contribution in [-0.2, 0) is 4.74 Å². The maximum atomic E-state index is 10.0. The number of nitrogens with two attached hydrogens (primary N) is 3. The summed E-state index contributed by atoms with van der Waals surface area (Å²) < 4.78 is 5.24. The van der Waals surface area contributed by atoms with Crippen LogP contribution in [0.3, 0.4) is 0 Å². The average Bonchev–Trinajstić information content (AvgIpc) is 2.44. The third-order valence-electron chi connectivity index (χ3n) is 2.42. The molecule has 1 heterocycles. The Bertz CT molecular complexity index is 287. The monoisotopic (exact) mass is 215 g/mol. The fourth-order valence-electron chi connectivity index (χ4n) is 1.36. The minimum Gasteiger partial charge on any atom is -0.385 e. The van der Waals surface area contributed by atoms with Crippen molar-refractivity contribution in [3.05, 3.63) is 0 Å². The third-order valence-corrected chi connectivity index (χ3v) is 2.42. The standard InChI is InChI=1S/C8H17N5O2/c1-5-8(14,2-3-15-5)4-12-7(11)13-6(9)10/h5,14H,2-4H2,1H3,(H6,9,10,11,12,13). The Labute approximate surface area is 88.0 Å². The fourth-order valence-corrected chi connectivity index (χ4v) is 1.36. The van der Waals surface area contributed by atoms with Crippen molar-refractivity contribution >= 4 is 11.9 Å². The number of aliphatic hydroxyl groups is 1. The van der Waals surface area contributed by atoms with Crippen molar-refractivity contribution in [3.8, 4) is 0 Å². The van der Waals surface area contributed by atoms with E-state index in [1.807, 2.05) is 0 Å². The molecule has 0 aliphatic carbocycles. The summed E-state index contributed by atoms with van der Waals surface area (Å²) in [6.45, 7) is 2.45. The molecule has 2 atom stereocenters. The molecule has 86 valence electrons. The van der Waals surface area contributed by atoms with E-state index in [2.05, 4.69) is 9.98 Å². The molecule has 15 heavy (non-hydrogen) atoms. The molecule has 7 N–H and O–H groups in total. The summed E-state index contributed by atoms with van der Waals surface area (Å²) in [5.41, 5.74) is 14.7. The van der Waals surface area contributed by atoms with E-state index in [9.17, 15) is 5.11 Å². The van der Waals surface area contributed by atoms with Crippen LogP contribution in [0.2, 0.25) is 0 Å². The highest BCUT2D eigenvalue weighted by molar-refractivity contribution is 5.92. The average molecular weight is 215 g/mol. The smallest absolute Gasteiger partial charge is 0.218 e. The maximum absolute atomic E-state index is 10.0. The van der Waals surface area contributed by atoms with Crippen molar-refractivity contribution in [2.24, 2.45) is 27.2 Å². The predicted octanol–water partition coefficient (Wildman–Crippen LogP) is -1.89. The van der Waals surface area contributed by atoms with Gasteiger partial charge in [-0.1, -0.05) is 0 Å². The summed E-state index contributed by atoms with van der Waals surface area (Å²) >= 11 is 0. The molecule has 1 fully saturated rings. The van der Waals surface area contributed by atoms with Gasteiger partial charge in [0.15, 0.2) is 5.96 Å². The highest BCUT2D eigenvalue weighted by atomic mass is 16.5. The highest BCUT2D eigenvalue weighted by Gasteiger charge is 2.39. The molecule has 7 heteroatoms. The Morgan fingerprint density at radius 3 is 2.67 bits per heavy atom. The largest absolute Gasteiger partial charge is 0.385 e. The summed E-state index contributed by atoms with van der Waals surface area (Å²) in [5, 5.41) is 10.0. The number of nitrogens with zero attached hydrogens (tertiary/aromatic N) is 2. The van der Waals surface area contributed by atoms with Gasteiger partial charge >= 0.3 is 0 Å². The van der Waals surface area contributed by atoms with E-state index in [1.54, 1.807) is 6.92 Å². The van der Waals surface area contributed by atoms with Crippen LogP contribution in [0.4, 0.5) is 0 Å². The molecule has 1 saturated heterocycles. The normalized spacial score (nSPS) is 31.6. The number of ether oxygens (including phenoxy) is 1. The van der Waals surface area contributed by atoms with Gasteiger partial charge in [0, 0.05) is 13.0 Å². The Morgan fingerprint density at radius 2 is 2.20 bits per heavy atom. The van der Waals surface area contributed by atoms with Gasteiger partial charge in [0.05, 0.1) is 12.6 Å². The van der Waals surface area contributed by atoms with E-state index in [1.165, 1.54) is 0 Å². The van der Waals surface area contributed by atoms with Crippen LogP contribution in [0.15, 0.2) is 9.98 Å². The van der Waals surface area contributed by atoms with E-state index in [0.717, 1.165) is 0 Å². The zero-order valence-electron chi connectivity index (χ0n) is 8.68. The lowest BCUT2D eigenvalue weighted by molar-refractivity contribution is -0.0201. The SMILES string of the molecule is CC1OCCC1(O)CN=C(N)N=C(N)N. The molecular weight excluding hydrogens is 198 g/mol. The summed E-state index contributed by atoms with van der Waals surface area (Å²) in [4.78, 5) is 7.43. The van der Waals surface area contributed by atoms with Crippen molar-refractivity contribution < 1.29 is 9.84 Å². The van der Waals surface area contributed by atoms with E-state index >= 15 is 0 Å². The number of aliphatic imine (C=N–C) groups is 2. The summed E-state index contributed by atoms with van der Waals surface area (Å²) in [6, 6.07) is 0. The molecule has 0 spiro atoms.